The Hall–Kier alpha value is -4.12. The van der Waals surface area contributed by atoms with Crippen molar-refractivity contribution in [3.05, 3.63) is 71.7 Å². The Kier molecular flexibility index (Phi) is 6.37. The van der Waals surface area contributed by atoms with E-state index in [1.165, 1.54) is 37.3 Å². The molecule has 1 aliphatic heterocycles. The number of carbonyl (C=O) groups is 3. The van der Waals surface area contributed by atoms with E-state index >= 15 is 0 Å². The van der Waals surface area contributed by atoms with Crippen molar-refractivity contribution < 1.29 is 41.4 Å². The zero-order chi connectivity index (χ0) is 24.3. The predicted molar refractivity (Wildman–Crippen MR) is 118 cm³/mol. The van der Waals surface area contributed by atoms with E-state index in [4.69, 9.17) is 18.6 Å². The number of Topliss-reactive ketones (excluding diaryl/α,β-unsaturated/α-hetero) is 1. The van der Waals surface area contributed by atoms with Crippen LogP contribution in [0.25, 0.3) is 0 Å². The van der Waals surface area contributed by atoms with Gasteiger partial charge in [0.15, 0.2) is 33.7 Å². The number of amides is 1. The first-order chi connectivity index (χ1) is 16.2. The number of benzene rings is 2. The minimum Gasteiger partial charge on any atom is -0.457 e. The van der Waals surface area contributed by atoms with Crippen LogP contribution in [0.5, 0.6) is 11.5 Å². The molecule has 0 bridgehead atoms. The van der Waals surface area contributed by atoms with Crippen LogP contribution in [0.3, 0.4) is 0 Å². The number of ketones is 1. The van der Waals surface area contributed by atoms with Gasteiger partial charge < -0.3 is 23.9 Å². The van der Waals surface area contributed by atoms with Crippen LogP contribution in [0.15, 0.2) is 64.1 Å². The van der Waals surface area contributed by atoms with Crippen molar-refractivity contribution in [2.24, 2.45) is 0 Å². The molecule has 2 heterocycles. The third-order valence-electron chi connectivity index (χ3n) is 4.88. The fraction of sp³-hybridized carbons (Fsp3) is 0.174. The Labute approximate surface area is 194 Å². The van der Waals surface area contributed by atoms with Crippen molar-refractivity contribution in [3.8, 4) is 11.5 Å². The number of ether oxygens (including phenoxy) is 3. The lowest BCUT2D eigenvalue weighted by molar-refractivity contribution is -0.119. The molecule has 1 aliphatic rings. The minimum atomic E-state index is -3.73. The van der Waals surface area contributed by atoms with E-state index in [9.17, 15) is 22.8 Å². The Morgan fingerprint density at radius 3 is 2.44 bits per heavy atom. The summed E-state index contributed by atoms with van der Waals surface area (Å²) in [5, 5.41) is 2.50. The van der Waals surface area contributed by atoms with Gasteiger partial charge in [0.05, 0.1) is 22.6 Å². The molecule has 0 spiro atoms. The number of fused-ring (bicyclic) bond motifs is 1. The van der Waals surface area contributed by atoms with Crippen molar-refractivity contribution in [1.29, 1.82) is 0 Å². The van der Waals surface area contributed by atoms with Crippen LogP contribution in [0, 0.1) is 0 Å². The summed E-state index contributed by atoms with van der Waals surface area (Å²) in [4.78, 5) is 36.8. The standard InChI is InChI=1S/C23H19NO9S/c1-14(25)17-9-19-20(33-13-32-19)10-18(17)24-21(26)11-31-23(27)22-15(7-8-30-22)12-34(28,29)16-5-3-2-4-6-16/h2-10H,11-13H2,1H3,(H,24,26). The normalized spacial score (nSPS) is 12.3. The summed E-state index contributed by atoms with van der Waals surface area (Å²) < 4.78 is 45.8. The predicted octanol–water partition coefficient (Wildman–Crippen LogP) is 2.98. The average molecular weight is 485 g/mol. The maximum absolute atomic E-state index is 12.6. The molecule has 1 aromatic heterocycles. The van der Waals surface area contributed by atoms with E-state index in [-0.39, 0.29) is 40.0 Å². The fourth-order valence-corrected chi connectivity index (χ4v) is 4.64. The van der Waals surface area contributed by atoms with Crippen molar-refractivity contribution >= 4 is 33.2 Å². The largest absolute Gasteiger partial charge is 0.457 e. The van der Waals surface area contributed by atoms with Crippen molar-refractivity contribution in [2.75, 3.05) is 18.7 Å². The van der Waals surface area contributed by atoms with E-state index in [2.05, 4.69) is 5.32 Å². The first-order valence-corrected chi connectivity index (χ1v) is 11.7. The van der Waals surface area contributed by atoms with Crippen LogP contribution in [0.2, 0.25) is 0 Å². The van der Waals surface area contributed by atoms with Gasteiger partial charge in [-0.25, -0.2) is 13.2 Å². The lowest BCUT2D eigenvalue weighted by atomic mass is 10.1. The number of carbonyl (C=O) groups excluding carboxylic acids is 3. The molecule has 1 N–H and O–H groups in total. The summed E-state index contributed by atoms with van der Waals surface area (Å²) in [6.07, 6.45) is 1.16. The molecule has 10 nitrogen and oxygen atoms in total. The lowest BCUT2D eigenvalue weighted by Crippen LogP contribution is -2.22. The van der Waals surface area contributed by atoms with Gasteiger partial charge in [-0.3, -0.25) is 9.59 Å². The number of hydrogen-bond donors (Lipinski definition) is 1. The second-order valence-corrected chi connectivity index (χ2v) is 9.27. The van der Waals surface area contributed by atoms with E-state index in [0.29, 0.717) is 11.5 Å². The smallest absolute Gasteiger partial charge is 0.375 e. The summed E-state index contributed by atoms with van der Waals surface area (Å²) in [5.41, 5.74) is 0.470. The zero-order valence-electron chi connectivity index (χ0n) is 17.9. The van der Waals surface area contributed by atoms with E-state index < -0.39 is 34.1 Å². The first-order valence-electron chi connectivity index (χ1n) is 10.0. The Morgan fingerprint density at radius 2 is 1.74 bits per heavy atom. The van der Waals surface area contributed by atoms with Crippen LogP contribution >= 0.6 is 0 Å². The summed E-state index contributed by atoms with van der Waals surface area (Å²) in [6, 6.07) is 12.0. The second kappa shape index (κ2) is 9.40. The minimum absolute atomic E-state index is 0.00678. The first kappa shape index (κ1) is 23.1. The highest BCUT2D eigenvalue weighted by Gasteiger charge is 2.25. The van der Waals surface area contributed by atoms with Gasteiger partial charge in [0.2, 0.25) is 12.6 Å². The van der Waals surface area contributed by atoms with Gasteiger partial charge >= 0.3 is 5.97 Å². The van der Waals surface area contributed by atoms with E-state index in [1.807, 2.05) is 0 Å². The Bertz CT molecular complexity index is 1360. The highest BCUT2D eigenvalue weighted by molar-refractivity contribution is 7.90. The van der Waals surface area contributed by atoms with Crippen LogP contribution in [-0.4, -0.2) is 39.5 Å². The molecule has 34 heavy (non-hydrogen) atoms. The molecule has 2 aromatic carbocycles. The summed E-state index contributed by atoms with van der Waals surface area (Å²) in [7, 11) is -3.73. The molecule has 11 heteroatoms. The van der Waals surface area contributed by atoms with E-state index in [1.54, 1.807) is 18.2 Å². The number of rotatable bonds is 8. The molecule has 0 radical (unpaired) electrons. The topological polar surface area (TPSA) is 138 Å². The summed E-state index contributed by atoms with van der Waals surface area (Å²) in [6.45, 7) is 0.624. The molecule has 176 valence electrons. The van der Waals surface area contributed by atoms with Crippen LogP contribution in [0.1, 0.15) is 33.4 Å². The average Bonchev–Trinajstić information content (AvgIpc) is 3.46. The van der Waals surface area contributed by atoms with Gasteiger partial charge in [-0.2, -0.15) is 0 Å². The van der Waals surface area contributed by atoms with Gasteiger partial charge in [-0.15, -0.1) is 0 Å². The van der Waals surface area contributed by atoms with Gasteiger partial charge in [-0.05, 0) is 31.2 Å². The highest BCUT2D eigenvalue weighted by Crippen LogP contribution is 2.37. The van der Waals surface area contributed by atoms with Crippen molar-refractivity contribution in [3.63, 3.8) is 0 Å². The third-order valence-corrected chi connectivity index (χ3v) is 6.56. The third kappa shape index (κ3) is 4.94. The quantitative estimate of drug-likeness (QED) is 0.377. The molecular weight excluding hydrogens is 466 g/mol. The van der Waals surface area contributed by atoms with E-state index in [0.717, 1.165) is 6.26 Å². The van der Waals surface area contributed by atoms with Gasteiger partial charge in [0, 0.05) is 17.2 Å². The molecule has 0 fully saturated rings. The molecule has 4 rings (SSSR count). The number of anilines is 1. The van der Waals surface area contributed by atoms with Crippen LogP contribution in [0.4, 0.5) is 5.69 Å². The van der Waals surface area contributed by atoms with Gasteiger partial charge in [-0.1, -0.05) is 18.2 Å². The zero-order valence-corrected chi connectivity index (χ0v) is 18.7. The molecular formula is C23H19NO9S. The molecule has 0 unspecified atom stereocenters. The molecule has 0 aliphatic carbocycles. The molecule has 1 amide bonds. The maximum Gasteiger partial charge on any atom is 0.375 e. The number of nitrogens with one attached hydrogen (secondary N) is 1. The molecule has 3 aromatic rings. The highest BCUT2D eigenvalue weighted by atomic mass is 32.2. The lowest BCUT2D eigenvalue weighted by Gasteiger charge is -2.11. The number of sulfone groups is 1. The van der Waals surface area contributed by atoms with Crippen LogP contribution < -0.4 is 14.8 Å². The fourth-order valence-electron chi connectivity index (χ4n) is 3.26. The number of esters is 1. The molecule has 0 atom stereocenters. The number of hydrogen-bond acceptors (Lipinski definition) is 9. The number of furan rings is 1. The van der Waals surface area contributed by atoms with Gasteiger partial charge in [0.1, 0.15) is 0 Å². The Morgan fingerprint density at radius 1 is 1.03 bits per heavy atom. The van der Waals surface area contributed by atoms with Crippen LogP contribution in [-0.2, 0) is 25.1 Å². The van der Waals surface area contributed by atoms with Crippen molar-refractivity contribution in [1.82, 2.24) is 0 Å². The second-order valence-electron chi connectivity index (χ2n) is 7.28. The van der Waals surface area contributed by atoms with Gasteiger partial charge in [0.25, 0.3) is 5.91 Å². The molecule has 0 saturated carbocycles. The summed E-state index contributed by atoms with van der Waals surface area (Å²) in [5.74, 6) is -2.10. The Balaban J connectivity index is 1.41. The van der Waals surface area contributed by atoms with Crippen molar-refractivity contribution in [2.45, 2.75) is 17.6 Å². The molecule has 0 saturated heterocycles. The summed E-state index contributed by atoms with van der Waals surface area (Å²) >= 11 is 0. The monoisotopic (exact) mass is 485 g/mol. The maximum atomic E-state index is 12.6. The SMILES string of the molecule is CC(=O)c1cc2c(cc1NC(=O)COC(=O)c1occc1CS(=O)(=O)c1ccccc1)OCO2.